The molecule has 1 heterocycles. The minimum absolute atomic E-state index is 0.0524. The van der Waals surface area contributed by atoms with Crippen molar-refractivity contribution in [3.63, 3.8) is 0 Å². The van der Waals surface area contributed by atoms with Crippen LogP contribution in [0.4, 0.5) is 10.5 Å². The normalized spacial score (nSPS) is 15.0. The molecule has 108 valence electrons. The highest BCUT2D eigenvalue weighted by Crippen LogP contribution is 2.31. The number of carbonyl (C=O) groups excluding carboxylic acids is 1. The van der Waals surface area contributed by atoms with E-state index in [0.717, 1.165) is 19.3 Å². The highest BCUT2D eigenvalue weighted by molar-refractivity contribution is 9.11. The van der Waals surface area contributed by atoms with Crippen LogP contribution in [0.3, 0.4) is 0 Å². The summed E-state index contributed by atoms with van der Waals surface area (Å²) >= 11 is 6.53. The molecule has 5 nitrogen and oxygen atoms in total. The van der Waals surface area contributed by atoms with Gasteiger partial charge in [0.15, 0.2) is 0 Å². The molecule has 2 N–H and O–H groups in total. The molecule has 0 saturated carbocycles. The summed E-state index contributed by atoms with van der Waals surface area (Å²) in [7, 11) is 0. The molecular weight excluding hydrogens is 392 g/mol. The zero-order valence-electron chi connectivity index (χ0n) is 10.7. The van der Waals surface area contributed by atoms with Crippen molar-refractivity contribution in [2.75, 3.05) is 18.4 Å². The highest BCUT2D eigenvalue weighted by atomic mass is 79.9. The van der Waals surface area contributed by atoms with Gasteiger partial charge in [0.2, 0.25) is 0 Å². The van der Waals surface area contributed by atoms with Crippen molar-refractivity contribution < 1.29 is 14.7 Å². The molecule has 0 aromatic heterocycles. The minimum atomic E-state index is -1.08. The smallest absolute Gasteiger partial charge is 0.337 e. The zero-order chi connectivity index (χ0) is 14.7. The lowest BCUT2D eigenvalue weighted by atomic mass is 10.1. The van der Waals surface area contributed by atoms with Crippen LogP contribution in [-0.4, -0.2) is 35.1 Å². The second-order valence-corrected chi connectivity index (χ2v) is 6.36. The molecule has 1 aromatic carbocycles. The van der Waals surface area contributed by atoms with Crippen molar-refractivity contribution in [2.24, 2.45) is 0 Å². The topological polar surface area (TPSA) is 69.6 Å². The summed E-state index contributed by atoms with van der Waals surface area (Å²) in [6, 6.07) is 2.92. The summed E-state index contributed by atoms with van der Waals surface area (Å²) in [4.78, 5) is 25.2. The lowest BCUT2D eigenvalue weighted by Gasteiger charge is -2.27. The van der Waals surface area contributed by atoms with Crippen LogP contribution in [0.2, 0.25) is 0 Å². The Labute approximate surface area is 133 Å². The van der Waals surface area contributed by atoms with Crippen molar-refractivity contribution in [3.8, 4) is 0 Å². The number of nitrogens with zero attached hydrogens (tertiary/aromatic N) is 1. The van der Waals surface area contributed by atoms with Crippen molar-refractivity contribution >= 4 is 49.5 Å². The summed E-state index contributed by atoms with van der Waals surface area (Å²) in [6.45, 7) is 1.42. The van der Waals surface area contributed by atoms with E-state index in [1.165, 1.54) is 6.07 Å². The van der Waals surface area contributed by atoms with E-state index >= 15 is 0 Å². The van der Waals surface area contributed by atoms with Crippen LogP contribution < -0.4 is 5.32 Å². The van der Waals surface area contributed by atoms with Crippen LogP contribution in [0.5, 0.6) is 0 Å². The van der Waals surface area contributed by atoms with E-state index in [9.17, 15) is 14.7 Å². The van der Waals surface area contributed by atoms with Crippen molar-refractivity contribution in [2.45, 2.75) is 19.3 Å². The van der Waals surface area contributed by atoms with Crippen LogP contribution in [0.1, 0.15) is 29.6 Å². The van der Waals surface area contributed by atoms with Gasteiger partial charge in [-0.1, -0.05) is 15.9 Å². The number of hydrogen-bond donors (Lipinski definition) is 2. The maximum absolute atomic E-state index is 12.2. The number of rotatable bonds is 2. The third-order valence-corrected chi connectivity index (χ3v) is 4.24. The van der Waals surface area contributed by atoms with Gasteiger partial charge in [-0.05, 0) is 47.3 Å². The maximum Gasteiger partial charge on any atom is 0.337 e. The molecule has 2 rings (SSSR count). The highest BCUT2D eigenvalue weighted by Gasteiger charge is 2.21. The third kappa shape index (κ3) is 3.52. The molecule has 20 heavy (non-hydrogen) atoms. The molecule has 1 aliphatic heterocycles. The summed E-state index contributed by atoms with van der Waals surface area (Å²) in [5.41, 5.74) is 0.341. The first-order valence-corrected chi connectivity index (χ1v) is 7.86. The summed E-state index contributed by atoms with van der Waals surface area (Å²) < 4.78 is 1.17. The predicted octanol–water partition coefficient (Wildman–Crippen LogP) is 3.93. The Hall–Kier alpha value is -1.08. The van der Waals surface area contributed by atoms with E-state index in [4.69, 9.17) is 0 Å². The number of urea groups is 1. The molecule has 1 fully saturated rings. The number of amides is 2. The number of likely N-dealkylation sites (tertiary alicyclic amines) is 1. The molecule has 0 radical (unpaired) electrons. The maximum atomic E-state index is 12.2. The summed E-state index contributed by atoms with van der Waals surface area (Å²) in [6.07, 6.45) is 3.10. The van der Waals surface area contributed by atoms with Gasteiger partial charge in [0.05, 0.1) is 11.3 Å². The number of halogens is 2. The number of piperidine rings is 1. The van der Waals surface area contributed by atoms with Gasteiger partial charge in [0.1, 0.15) is 0 Å². The minimum Gasteiger partial charge on any atom is -0.478 e. The van der Waals surface area contributed by atoms with Crippen molar-refractivity contribution in [1.82, 2.24) is 4.90 Å². The first-order valence-electron chi connectivity index (χ1n) is 6.27. The second kappa shape index (κ2) is 6.58. The number of carboxylic acid groups (broad SMARTS) is 1. The predicted molar refractivity (Wildman–Crippen MR) is 83.2 cm³/mol. The SMILES string of the molecule is O=C(O)c1cc(Br)cc(Br)c1NC(=O)N1CCCCC1. The largest absolute Gasteiger partial charge is 0.478 e. The first kappa shape index (κ1) is 15.3. The zero-order valence-corrected chi connectivity index (χ0v) is 13.8. The number of anilines is 1. The summed E-state index contributed by atoms with van der Waals surface area (Å²) in [5.74, 6) is -1.08. The monoisotopic (exact) mass is 404 g/mol. The van der Waals surface area contributed by atoms with E-state index in [1.54, 1.807) is 11.0 Å². The van der Waals surface area contributed by atoms with Crippen LogP contribution in [0.15, 0.2) is 21.1 Å². The molecule has 0 atom stereocenters. The number of benzene rings is 1. The lowest BCUT2D eigenvalue weighted by molar-refractivity contribution is 0.0698. The quantitative estimate of drug-likeness (QED) is 0.783. The van der Waals surface area contributed by atoms with E-state index in [-0.39, 0.29) is 17.3 Å². The van der Waals surface area contributed by atoms with E-state index in [2.05, 4.69) is 37.2 Å². The summed E-state index contributed by atoms with van der Waals surface area (Å²) in [5, 5.41) is 11.9. The number of carbonyl (C=O) groups is 2. The Kier molecular flexibility index (Phi) is 5.04. The molecule has 0 spiro atoms. The lowest BCUT2D eigenvalue weighted by Crippen LogP contribution is -2.39. The van der Waals surface area contributed by atoms with Gasteiger partial charge in [-0.2, -0.15) is 0 Å². The molecule has 0 aliphatic carbocycles. The molecule has 2 amide bonds. The number of nitrogens with one attached hydrogen (secondary N) is 1. The Bertz CT molecular complexity index is 543. The molecule has 1 aliphatic rings. The Morgan fingerprint density at radius 3 is 2.40 bits per heavy atom. The van der Waals surface area contributed by atoms with Crippen molar-refractivity contribution in [1.29, 1.82) is 0 Å². The van der Waals surface area contributed by atoms with Crippen LogP contribution >= 0.6 is 31.9 Å². The molecular formula is C13H14Br2N2O3. The van der Waals surface area contributed by atoms with Crippen LogP contribution in [0.25, 0.3) is 0 Å². The fraction of sp³-hybridized carbons (Fsp3) is 0.385. The molecule has 1 saturated heterocycles. The van der Waals surface area contributed by atoms with Gasteiger partial charge in [0.25, 0.3) is 0 Å². The third-order valence-electron chi connectivity index (χ3n) is 3.16. The fourth-order valence-corrected chi connectivity index (χ4v) is 3.48. The Balaban J connectivity index is 2.23. The van der Waals surface area contributed by atoms with Gasteiger partial charge in [-0.3, -0.25) is 0 Å². The molecule has 1 aromatic rings. The number of hydrogen-bond acceptors (Lipinski definition) is 2. The average Bonchev–Trinajstić information content (AvgIpc) is 2.42. The average molecular weight is 406 g/mol. The Morgan fingerprint density at radius 1 is 1.15 bits per heavy atom. The number of carboxylic acids is 1. The van der Waals surface area contributed by atoms with Gasteiger partial charge in [-0.25, -0.2) is 9.59 Å². The van der Waals surface area contributed by atoms with Gasteiger partial charge in [0, 0.05) is 22.0 Å². The first-order chi connectivity index (χ1) is 9.49. The van der Waals surface area contributed by atoms with Gasteiger partial charge in [-0.15, -0.1) is 0 Å². The standard InChI is InChI=1S/C13H14Br2N2O3/c14-8-6-9(12(18)19)11(10(15)7-8)16-13(20)17-4-2-1-3-5-17/h6-7H,1-5H2,(H,16,20)(H,18,19). The second-order valence-electron chi connectivity index (χ2n) is 4.59. The number of aromatic carboxylic acids is 1. The van der Waals surface area contributed by atoms with Crippen LogP contribution in [0, 0.1) is 0 Å². The molecule has 0 unspecified atom stereocenters. The van der Waals surface area contributed by atoms with Gasteiger partial charge < -0.3 is 15.3 Å². The fourth-order valence-electron chi connectivity index (χ4n) is 2.15. The molecule has 7 heteroatoms. The molecule has 0 bridgehead atoms. The van der Waals surface area contributed by atoms with Crippen molar-refractivity contribution in [3.05, 3.63) is 26.6 Å². The Morgan fingerprint density at radius 2 is 1.80 bits per heavy atom. The van der Waals surface area contributed by atoms with E-state index < -0.39 is 5.97 Å². The van der Waals surface area contributed by atoms with Crippen LogP contribution in [-0.2, 0) is 0 Å². The van der Waals surface area contributed by atoms with E-state index in [0.29, 0.717) is 22.0 Å². The van der Waals surface area contributed by atoms with E-state index in [1.807, 2.05) is 0 Å². The van der Waals surface area contributed by atoms with Gasteiger partial charge >= 0.3 is 12.0 Å².